The third-order valence-corrected chi connectivity index (χ3v) is 3.74. The highest BCUT2D eigenvalue weighted by atomic mass is 16.4. The summed E-state index contributed by atoms with van der Waals surface area (Å²) in [6, 6.07) is 5.95. The predicted molar refractivity (Wildman–Crippen MR) is 74.1 cm³/mol. The zero-order chi connectivity index (χ0) is 13.4. The van der Waals surface area contributed by atoms with E-state index in [1.54, 1.807) is 11.6 Å². The van der Waals surface area contributed by atoms with Crippen LogP contribution in [0.3, 0.4) is 0 Å². The van der Waals surface area contributed by atoms with Crippen LogP contribution in [-0.2, 0) is 13.6 Å². The average molecular weight is 261 g/mol. The van der Waals surface area contributed by atoms with Gasteiger partial charge in [-0.15, -0.1) is 0 Å². The molecule has 2 aromatic rings. The molecule has 1 saturated heterocycles. The first-order chi connectivity index (χ1) is 9.13. The zero-order valence-electron chi connectivity index (χ0n) is 11.3. The molecule has 1 aliphatic heterocycles. The minimum absolute atomic E-state index is 0.305. The monoisotopic (exact) mass is 261 g/mol. The van der Waals surface area contributed by atoms with E-state index in [0.29, 0.717) is 5.58 Å². The highest BCUT2D eigenvalue weighted by molar-refractivity contribution is 5.73. The van der Waals surface area contributed by atoms with E-state index < -0.39 is 0 Å². The van der Waals surface area contributed by atoms with Crippen LogP contribution < -0.4 is 11.1 Å². The van der Waals surface area contributed by atoms with Gasteiger partial charge in [0.2, 0.25) is 0 Å². The number of hydrogen-bond acceptors (Lipinski definition) is 4. The maximum Gasteiger partial charge on any atom is 0.419 e. The molecule has 1 fully saturated rings. The second kappa shape index (κ2) is 4.83. The summed E-state index contributed by atoms with van der Waals surface area (Å²) in [6.45, 7) is 4.25. The van der Waals surface area contributed by atoms with Gasteiger partial charge in [0.05, 0.1) is 5.52 Å². The standard InChI is InChI=1S/C14H19N3O2/c1-16(9-11-6-15-7-11)8-10-3-4-13-12(5-10)17(2)14(18)19-13/h3-5,11,15H,6-9H2,1-2H3. The summed E-state index contributed by atoms with van der Waals surface area (Å²) < 4.78 is 6.69. The van der Waals surface area contributed by atoms with Gasteiger partial charge in [-0.2, -0.15) is 0 Å². The minimum Gasteiger partial charge on any atom is -0.408 e. The van der Waals surface area contributed by atoms with Gasteiger partial charge in [0.15, 0.2) is 5.58 Å². The highest BCUT2D eigenvalue weighted by Gasteiger charge is 2.18. The van der Waals surface area contributed by atoms with Crippen molar-refractivity contribution in [3.63, 3.8) is 0 Å². The fourth-order valence-electron chi connectivity index (χ4n) is 2.57. The fraction of sp³-hybridized carbons (Fsp3) is 0.500. The molecular formula is C14H19N3O2. The Hall–Kier alpha value is -1.59. The predicted octanol–water partition coefficient (Wildman–Crippen LogP) is 0.783. The van der Waals surface area contributed by atoms with E-state index in [9.17, 15) is 4.79 Å². The lowest BCUT2D eigenvalue weighted by Gasteiger charge is -2.31. The van der Waals surface area contributed by atoms with Gasteiger partial charge in [-0.25, -0.2) is 4.79 Å². The van der Waals surface area contributed by atoms with Crippen molar-refractivity contribution >= 4 is 11.1 Å². The highest BCUT2D eigenvalue weighted by Crippen LogP contribution is 2.16. The summed E-state index contributed by atoms with van der Waals surface area (Å²) in [6.07, 6.45) is 0. The van der Waals surface area contributed by atoms with Gasteiger partial charge in [-0.1, -0.05) is 6.07 Å². The van der Waals surface area contributed by atoms with Crippen molar-refractivity contribution in [3.8, 4) is 0 Å². The van der Waals surface area contributed by atoms with E-state index in [0.717, 1.165) is 37.6 Å². The summed E-state index contributed by atoms with van der Waals surface area (Å²) in [5, 5.41) is 3.29. The average Bonchev–Trinajstić information content (AvgIpc) is 2.61. The van der Waals surface area contributed by atoms with Crippen molar-refractivity contribution < 1.29 is 4.42 Å². The van der Waals surface area contributed by atoms with Crippen LogP contribution in [0.25, 0.3) is 11.1 Å². The molecule has 0 unspecified atom stereocenters. The van der Waals surface area contributed by atoms with Crippen molar-refractivity contribution in [1.82, 2.24) is 14.8 Å². The van der Waals surface area contributed by atoms with Crippen molar-refractivity contribution in [2.45, 2.75) is 6.54 Å². The molecule has 2 heterocycles. The Morgan fingerprint density at radius 2 is 2.26 bits per heavy atom. The smallest absolute Gasteiger partial charge is 0.408 e. The summed E-state index contributed by atoms with van der Waals surface area (Å²) in [5.41, 5.74) is 2.72. The Bertz CT molecular complexity index is 640. The third-order valence-electron chi connectivity index (χ3n) is 3.74. The van der Waals surface area contributed by atoms with Gasteiger partial charge >= 0.3 is 5.76 Å². The summed E-state index contributed by atoms with van der Waals surface area (Å²) in [5.74, 6) is 0.466. The molecular weight excluding hydrogens is 242 g/mol. The Kier molecular flexibility index (Phi) is 3.16. The van der Waals surface area contributed by atoms with E-state index in [4.69, 9.17) is 4.42 Å². The van der Waals surface area contributed by atoms with Crippen LogP contribution in [0.5, 0.6) is 0 Å². The first-order valence-corrected chi connectivity index (χ1v) is 6.61. The summed E-state index contributed by atoms with van der Waals surface area (Å²) in [7, 11) is 3.87. The van der Waals surface area contributed by atoms with Crippen LogP contribution in [-0.4, -0.2) is 36.1 Å². The largest absolute Gasteiger partial charge is 0.419 e. The van der Waals surface area contributed by atoms with E-state index >= 15 is 0 Å². The fourth-order valence-corrected chi connectivity index (χ4v) is 2.57. The molecule has 0 aliphatic carbocycles. The molecule has 1 N–H and O–H groups in total. The lowest BCUT2D eigenvalue weighted by atomic mass is 10.0. The van der Waals surface area contributed by atoms with Gasteiger partial charge in [-0.3, -0.25) is 4.57 Å². The Balaban J connectivity index is 1.76. The molecule has 1 aromatic heterocycles. The van der Waals surface area contributed by atoms with Crippen molar-refractivity contribution in [2.75, 3.05) is 26.7 Å². The zero-order valence-corrected chi connectivity index (χ0v) is 11.3. The normalized spacial score (nSPS) is 16.2. The van der Waals surface area contributed by atoms with Gasteiger partial charge in [0, 0.05) is 33.2 Å². The van der Waals surface area contributed by atoms with Gasteiger partial charge in [0.25, 0.3) is 0 Å². The SMILES string of the molecule is CN(Cc1ccc2oc(=O)n(C)c2c1)CC1CNC1. The Morgan fingerprint density at radius 3 is 2.95 bits per heavy atom. The number of aryl methyl sites for hydroxylation is 1. The lowest BCUT2D eigenvalue weighted by Crippen LogP contribution is -2.47. The summed E-state index contributed by atoms with van der Waals surface area (Å²) >= 11 is 0. The van der Waals surface area contributed by atoms with Crippen molar-refractivity contribution in [2.24, 2.45) is 13.0 Å². The number of benzene rings is 1. The number of nitrogens with one attached hydrogen (secondary N) is 1. The van der Waals surface area contributed by atoms with Gasteiger partial charge in [0.1, 0.15) is 0 Å². The van der Waals surface area contributed by atoms with E-state index in [1.807, 2.05) is 18.2 Å². The second-order valence-electron chi connectivity index (χ2n) is 5.45. The Labute approximate surface area is 111 Å². The number of oxazole rings is 1. The molecule has 102 valence electrons. The van der Waals surface area contributed by atoms with E-state index in [1.165, 1.54) is 5.56 Å². The molecule has 0 saturated carbocycles. The first kappa shape index (κ1) is 12.4. The molecule has 1 aromatic carbocycles. The number of hydrogen-bond donors (Lipinski definition) is 1. The van der Waals surface area contributed by atoms with Gasteiger partial charge < -0.3 is 14.6 Å². The van der Waals surface area contributed by atoms with E-state index in [-0.39, 0.29) is 5.76 Å². The first-order valence-electron chi connectivity index (χ1n) is 6.61. The summed E-state index contributed by atoms with van der Waals surface area (Å²) in [4.78, 5) is 13.8. The van der Waals surface area contributed by atoms with Crippen LogP contribution in [0, 0.1) is 5.92 Å². The van der Waals surface area contributed by atoms with E-state index in [2.05, 4.69) is 17.3 Å². The molecule has 0 atom stereocenters. The number of nitrogens with zero attached hydrogens (tertiary/aromatic N) is 2. The third kappa shape index (κ3) is 2.43. The molecule has 3 rings (SSSR count). The maximum atomic E-state index is 11.4. The molecule has 0 amide bonds. The topological polar surface area (TPSA) is 50.4 Å². The maximum absolute atomic E-state index is 11.4. The molecule has 0 spiro atoms. The lowest BCUT2D eigenvalue weighted by molar-refractivity contribution is 0.219. The minimum atomic E-state index is -0.305. The van der Waals surface area contributed by atoms with Crippen LogP contribution >= 0.6 is 0 Å². The molecule has 0 bridgehead atoms. The number of rotatable bonds is 4. The van der Waals surface area contributed by atoms with Crippen LogP contribution in [0.1, 0.15) is 5.56 Å². The molecule has 5 nitrogen and oxygen atoms in total. The van der Waals surface area contributed by atoms with Crippen molar-refractivity contribution in [3.05, 3.63) is 34.3 Å². The molecule has 1 aliphatic rings. The van der Waals surface area contributed by atoms with Crippen LogP contribution in [0.4, 0.5) is 0 Å². The number of fused-ring (bicyclic) bond motifs is 1. The second-order valence-corrected chi connectivity index (χ2v) is 5.45. The van der Waals surface area contributed by atoms with Crippen molar-refractivity contribution in [1.29, 1.82) is 0 Å². The molecule has 19 heavy (non-hydrogen) atoms. The quantitative estimate of drug-likeness (QED) is 0.884. The van der Waals surface area contributed by atoms with Crippen LogP contribution in [0.2, 0.25) is 0 Å². The molecule has 5 heteroatoms. The van der Waals surface area contributed by atoms with Crippen LogP contribution in [0.15, 0.2) is 27.4 Å². The molecule has 0 radical (unpaired) electrons. The van der Waals surface area contributed by atoms with Gasteiger partial charge in [-0.05, 0) is 30.7 Å². The number of aromatic nitrogens is 1. The Morgan fingerprint density at radius 1 is 1.47 bits per heavy atom.